The molecule has 1 aromatic heterocycles. The molecular formula is C14H15BrN2O2. The molecule has 0 aliphatic heterocycles. The van der Waals surface area contributed by atoms with Gasteiger partial charge in [-0.15, -0.1) is 0 Å². The number of halogens is 1. The maximum atomic E-state index is 11.2. The molecule has 2 rings (SSSR count). The van der Waals surface area contributed by atoms with Crippen molar-refractivity contribution in [1.29, 1.82) is 0 Å². The molecule has 2 aromatic rings. The Morgan fingerprint density at radius 3 is 3.00 bits per heavy atom. The summed E-state index contributed by atoms with van der Waals surface area (Å²) in [5, 5.41) is 4.34. The fourth-order valence-electron chi connectivity index (χ4n) is 1.85. The van der Waals surface area contributed by atoms with E-state index in [4.69, 9.17) is 0 Å². The third-order valence-electron chi connectivity index (χ3n) is 2.81. The van der Waals surface area contributed by atoms with Gasteiger partial charge in [0.25, 0.3) is 0 Å². The van der Waals surface area contributed by atoms with Crippen LogP contribution in [0.2, 0.25) is 0 Å². The standard InChI is InChI=1S/C14H15BrN2O2/c1-19-14(18)12(15)9-16-8-11-5-2-4-10-6-3-7-17-13(10)11/h2-7,12,16H,8-9H2,1H3. The fraction of sp³-hybridized carbons (Fsp3) is 0.286. The Bertz CT molecular complexity index is 569. The molecule has 0 fully saturated rings. The van der Waals surface area contributed by atoms with Crippen LogP contribution in [-0.2, 0) is 16.1 Å². The summed E-state index contributed by atoms with van der Waals surface area (Å²) in [5.41, 5.74) is 2.10. The molecule has 0 saturated carbocycles. The van der Waals surface area contributed by atoms with Crippen molar-refractivity contribution in [3.8, 4) is 0 Å². The highest BCUT2D eigenvalue weighted by Crippen LogP contribution is 2.15. The summed E-state index contributed by atoms with van der Waals surface area (Å²) in [5.74, 6) is -0.274. The molecule has 1 atom stereocenters. The maximum absolute atomic E-state index is 11.2. The zero-order valence-corrected chi connectivity index (χ0v) is 12.2. The van der Waals surface area contributed by atoms with Gasteiger partial charge in [-0.25, -0.2) is 0 Å². The van der Waals surface area contributed by atoms with Gasteiger partial charge in [-0.2, -0.15) is 0 Å². The number of pyridine rings is 1. The monoisotopic (exact) mass is 322 g/mol. The van der Waals surface area contributed by atoms with Crippen molar-refractivity contribution in [2.24, 2.45) is 0 Å². The predicted molar refractivity (Wildman–Crippen MR) is 78.2 cm³/mol. The number of nitrogens with one attached hydrogen (secondary N) is 1. The van der Waals surface area contributed by atoms with E-state index in [0.717, 1.165) is 16.5 Å². The number of rotatable bonds is 5. The third kappa shape index (κ3) is 3.52. The molecule has 0 radical (unpaired) electrons. The number of para-hydroxylation sites is 1. The molecule has 100 valence electrons. The summed E-state index contributed by atoms with van der Waals surface area (Å²) in [6.07, 6.45) is 1.79. The lowest BCUT2D eigenvalue weighted by molar-refractivity contribution is -0.139. The van der Waals surface area contributed by atoms with Crippen LogP contribution in [0.25, 0.3) is 10.9 Å². The van der Waals surface area contributed by atoms with Crippen LogP contribution in [-0.4, -0.2) is 29.4 Å². The zero-order chi connectivity index (χ0) is 13.7. The topological polar surface area (TPSA) is 51.2 Å². The normalized spacial score (nSPS) is 12.3. The molecule has 0 aliphatic rings. The average Bonchev–Trinajstić information content (AvgIpc) is 2.46. The summed E-state index contributed by atoms with van der Waals surface area (Å²) in [6, 6.07) is 10.0. The van der Waals surface area contributed by atoms with E-state index in [1.165, 1.54) is 7.11 Å². The van der Waals surface area contributed by atoms with Crippen molar-refractivity contribution in [3.05, 3.63) is 42.1 Å². The number of benzene rings is 1. The van der Waals surface area contributed by atoms with Gasteiger partial charge in [-0.05, 0) is 11.6 Å². The van der Waals surface area contributed by atoms with E-state index in [-0.39, 0.29) is 10.8 Å². The number of methoxy groups -OCH3 is 1. The molecule has 19 heavy (non-hydrogen) atoms. The molecule has 0 aliphatic carbocycles. The van der Waals surface area contributed by atoms with Crippen LogP contribution in [0.15, 0.2) is 36.5 Å². The Hall–Kier alpha value is -1.46. The first-order valence-corrected chi connectivity index (χ1v) is 6.89. The van der Waals surface area contributed by atoms with Crippen LogP contribution in [0.4, 0.5) is 0 Å². The molecule has 5 heteroatoms. The lowest BCUT2D eigenvalue weighted by Gasteiger charge is -2.10. The Morgan fingerprint density at radius 2 is 2.21 bits per heavy atom. The van der Waals surface area contributed by atoms with Gasteiger partial charge in [-0.3, -0.25) is 9.78 Å². The first-order chi connectivity index (χ1) is 9.22. The smallest absolute Gasteiger partial charge is 0.320 e. The molecule has 0 bridgehead atoms. The van der Waals surface area contributed by atoms with Gasteiger partial charge in [0.15, 0.2) is 0 Å². The number of carbonyl (C=O) groups is 1. The third-order valence-corrected chi connectivity index (χ3v) is 3.51. The van der Waals surface area contributed by atoms with Crippen molar-refractivity contribution < 1.29 is 9.53 Å². The van der Waals surface area contributed by atoms with E-state index >= 15 is 0 Å². The number of aromatic nitrogens is 1. The number of nitrogens with zero attached hydrogens (tertiary/aromatic N) is 1. The van der Waals surface area contributed by atoms with Crippen molar-refractivity contribution in [1.82, 2.24) is 10.3 Å². The quantitative estimate of drug-likeness (QED) is 0.677. The predicted octanol–water partition coefficient (Wildman–Crippen LogP) is 2.26. The van der Waals surface area contributed by atoms with Crippen LogP contribution in [0.1, 0.15) is 5.56 Å². The van der Waals surface area contributed by atoms with Crippen molar-refractivity contribution in [2.45, 2.75) is 11.4 Å². The summed E-state index contributed by atoms with van der Waals surface area (Å²) in [4.78, 5) is 15.3. The highest BCUT2D eigenvalue weighted by molar-refractivity contribution is 9.10. The number of carbonyl (C=O) groups excluding carboxylic acids is 1. The molecule has 1 unspecified atom stereocenters. The molecule has 4 nitrogen and oxygen atoms in total. The molecule has 1 N–H and O–H groups in total. The van der Waals surface area contributed by atoms with E-state index in [1.54, 1.807) is 6.20 Å². The molecular weight excluding hydrogens is 308 g/mol. The number of alkyl halides is 1. The van der Waals surface area contributed by atoms with E-state index < -0.39 is 0 Å². The van der Waals surface area contributed by atoms with Crippen LogP contribution >= 0.6 is 15.9 Å². The van der Waals surface area contributed by atoms with E-state index in [1.807, 2.05) is 30.3 Å². The number of fused-ring (bicyclic) bond motifs is 1. The Balaban J connectivity index is 2.00. The molecule has 0 saturated heterocycles. The van der Waals surface area contributed by atoms with Gasteiger partial charge in [0.2, 0.25) is 0 Å². The van der Waals surface area contributed by atoms with Gasteiger partial charge in [0.05, 0.1) is 12.6 Å². The van der Waals surface area contributed by atoms with Crippen LogP contribution in [0.3, 0.4) is 0 Å². The minimum atomic E-state index is -0.333. The Morgan fingerprint density at radius 1 is 1.42 bits per heavy atom. The van der Waals surface area contributed by atoms with Crippen LogP contribution in [0, 0.1) is 0 Å². The molecule has 0 spiro atoms. The van der Waals surface area contributed by atoms with Crippen molar-refractivity contribution in [3.63, 3.8) is 0 Å². The second kappa shape index (κ2) is 6.63. The first kappa shape index (κ1) is 14.0. The van der Waals surface area contributed by atoms with Crippen LogP contribution < -0.4 is 5.32 Å². The minimum Gasteiger partial charge on any atom is -0.468 e. The summed E-state index contributed by atoms with van der Waals surface area (Å²) in [6.45, 7) is 1.17. The fourth-order valence-corrected chi connectivity index (χ4v) is 2.27. The Kier molecular flexibility index (Phi) is 4.87. The SMILES string of the molecule is COC(=O)C(Br)CNCc1cccc2cccnc12. The number of esters is 1. The second-order valence-electron chi connectivity index (χ2n) is 4.11. The first-order valence-electron chi connectivity index (χ1n) is 5.97. The van der Waals surface area contributed by atoms with E-state index in [0.29, 0.717) is 13.1 Å². The average molecular weight is 323 g/mol. The number of hydrogen-bond acceptors (Lipinski definition) is 4. The van der Waals surface area contributed by atoms with Gasteiger partial charge in [-0.1, -0.05) is 40.2 Å². The summed E-state index contributed by atoms with van der Waals surface area (Å²) >= 11 is 3.27. The maximum Gasteiger partial charge on any atom is 0.320 e. The molecule has 1 heterocycles. The zero-order valence-electron chi connectivity index (χ0n) is 10.6. The summed E-state index contributed by atoms with van der Waals surface area (Å²) < 4.78 is 4.65. The highest BCUT2D eigenvalue weighted by atomic mass is 79.9. The summed E-state index contributed by atoms with van der Waals surface area (Å²) in [7, 11) is 1.38. The van der Waals surface area contributed by atoms with Crippen LogP contribution in [0.5, 0.6) is 0 Å². The van der Waals surface area contributed by atoms with E-state index in [9.17, 15) is 4.79 Å². The Labute approximate surface area is 120 Å². The lowest BCUT2D eigenvalue weighted by Crippen LogP contribution is -2.29. The van der Waals surface area contributed by atoms with Gasteiger partial charge >= 0.3 is 5.97 Å². The number of hydrogen-bond donors (Lipinski definition) is 1. The highest BCUT2D eigenvalue weighted by Gasteiger charge is 2.14. The molecule has 1 aromatic carbocycles. The number of ether oxygens (including phenoxy) is 1. The van der Waals surface area contributed by atoms with Crippen molar-refractivity contribution >= 4 is 32.8 Å². The van der Waals surface area contributed by atoms with Gasteiger partial charge in [0, 0.05) is 24.7 Å². The molecule has 0 amide bonds. The largest absolute Gasteiger partial charge is 0.468 e. The van der Waals surface area contributed by atoms with Crippen molar-refractivity contribution in [2.75, 3.05) is 13.7 Å². The van der Waals surface area contributed by atoms with Gasteiger partial charge < -0.3 is 10.1 Å². The van der Waals surface area contributed by atoms with Gasteiger partial charge in [0.1, 0.15) is 4.83 Å². The van der Waals surface area contributed by atoms with E-state index in [2.05, 4.69) is 31.0 Å². The lowest BCUT2D eigenvalue weighted by atomic mass is 10.1. The minimum absolute atomic E-state index is 0.274. The second-order valence-corrected chi connectivity index (χ2v) is 5.22.